The third kappa shape index (κ3) is 4.09. The second kappa shape index (κ2) is 10.0. The Bertz CT molecular complexity index is 1950. The molecule has 0 bridgehead atoms. The van der Waals surface area contributed by atoms with E-state index in [9.17, 15) is 0 Å². The number of fused-ring (bicyclic) bond motifs is 4. The highest BCUT2D eigenvalue weighted by atomic mass is 15.1. The molecule has 2 aliphatic rings. The molecule has 6 aromatic carbocycles. The molecule has 1 unspecified atom stereocenters. The third-order valence-corrected chi connectivity index (χ3v) is 9.64. The molecule has 1 atom stereocenters. The largest absolute Gasteiger partial charge is 0.345 e. The monoisotopic (exact) mass is 554 g/mol. The molecule has 0 heterocycles. The van der Waals surface area contributed by atoms with Crippen LogP contribution in [0.1, 0.15) is 34.7 Å². The Morgan fingerprint density at radius 2 is 0.977 bits per heavy atom. The van der Waals surface area contributed by atoms with Gasteiger partial charge in [0.15, 0.2) is 0 Å². The molecule has 0 aliphatic heterocycles. The first-order valence-electron chi connectivity index (χ1n) is 15.2. The fraction of sp³-hybridized carbons (Fsp3) is 0.122. The van der Waals surface area contributed by atoms with Gasteiger partial charge in [-0.15, -0.1) is 0 Å². The van der Waals surface area contributed by atoms with Gasteiger partial charge in [0.1, 0.15) is 0 Å². The number of nitrogens with zero attached hydrogens (tertiary/aromatic N) is 2. The number of hydrogen-bond donors (Lipinski definition) is 0. The lowest BCUT2D eigenvalue weighted by Gasteiger charge is -2.32. The standard InChI is InChI=1S/C41H34N2/c1-41(31-12-6-3-7-13-31)39-27-34(42(2)32-14-8-4-9-15-32)22-24-37(39)38-25-23-36(28-40(38)41)43(33-16-10-5-11-17-33)35-21-20-29-18-19-30(29)26-35/h3-17,20-28H,18-19H2,1-2H3. The molecular formula is C41H34N2. The van der Waals surface area contributed by atoms with Crippen LogP contribution in [0.2, 0.25) is 0 Å². The van der Waals surface area contributed by atoms with Crippen molar-refractivity contribution in [2.75, 3.05) is 16.8 Å². The first-order valence-corrected chi connectivity index (χ1v) is 15.2. The highest BCUT2D eigenvalue weighted by molar-refractivity contribution is 5.88. The molecule has 0 radical (unpaired) electrons. The van der Waals surface area contributed by atoms with Crippen LogP contribution in [0.5, 0.6) is 0 Å². The number of benzene rings is 6. The average Bonchev–Trinajstić information content (AvgIpc) is 3.31. The van der Waals surface area contributed by atoms with Crippen LogP contribution < -0.4 is 9.80 Å². The number of para-hydroxylation sites is 2. The number of aryl methyl sites for hydroxylation is 2. The Kier molecular flexibility index (Phi) is 5.97. The summed E-state index contributed by atoms with van der Waals surface area (Å²) in [5.74, 6) is 0. The first kappa shape index (κ1) is 25.6. The van der Waals surface area contributed by atoms with Crippen molar-refractivity contribution in [1.29, 1.82) is 0 Å². The summed E-state index contributed by atoms with van der Waals surface area (Å²) >= 11 is 0. The third-order valence-electron chi connectivity index (χ3n) is 9.64. The van der Waals surface area contributed by atoms with Crippen LogP contribution >= 0.6 is 0 Å². The van der Waals surface area contributed by atoms with Gasteiger partial charge in [-0.2, -0.15) is 0 Å². The zero-order valence-electron chi connectivity index (χ0n) is 24.7. The molecule has 0 amide bonds. The van der Waals surface area contributed by atoms with Gasteiger partial charge in [-0.05, 0) is 119 Å². The lowest BCUT2D eigenvalue weighted by molar-refractivity contribution is 0.714. The van der Waals surface area contributed by atoms with Gasteiger partial charge < -0.3 is 9.80 Å². The molecule has 0 saturated heterocycles. The van der Waals surface area contributed by atoms with E-state index in [1.807, 2.05) is 0 Å². The van der Waals surface area contributed by atoms with Crippen molar-refractivity contribution >= 4 is 28.4 Å². The van der Waals surface area contributed by atoms with E-state index in [0.29, 0.717) is 0 Å². The number of hydrogen-bond acceptors (Lipinski definition) is 2. The van der Waals surface area contributed by atoms with Crippen molar-refractivity contribution in [1.82, 2.24) is 0 Å². The molecule has 0 fully saturated rings. The minimum Gasteiger partial charge on any atom is -0.345 e. The normalized spacial score (nSPS) is 16.0. The summed E-state index contributed by atoms with van der Waals surface area (Å²) in [6, 6.07) is 53.4. The van der Waals surface area contributed by atoms with Gasteiger partial charge in [-0.1, -0.05) is 84.9 Å². The number of anilines is 5. The van der Waals surface area contributed by atoms with Crippen LogP contribution in [-0.4, -0.2) is 7.05 Å². The van der Waals surface area contributed by atoms with E-state index in [1.54, 1.807) is 0 Å². The summed E-state index contributed by atoms with van der Waals surface area (Å²) < 4.78 is 0. The highest BCUT2D eigenvalue weighted by Crippen LogP contribution is 2.55. The Balaban J connectivity index is 1.31. The van der Waals surface area contributed by atoms with Gasteiger partial charge in [0.05, 0.1) is 0 Å². The van der Waals surface area contributed by atoms with Crippen molar-refractivity contribution in [3.8, 4) is 11.1 Å². The van der Waals surface area contributed by atoms with Gasteiger partial charge >= 0.3 is 0 Å². The summed E-state index contributed by atoms with van der Waals surface area (Å²) in [5.41, 5.74) is 15.2. The Labute approximate surface area is 254 Å². The van der Waals surface area contributed by atoms with Gasteiger partial charge in [-0.3, -0.25) is 0 Å². The zero-order valence-corrected chi connectivity index (χ0v) is 24.7. The summed E-state index contributed by atoms with van der Waals surface area (Å²) in [6.45, 7) is 2.40. The molecule has 0 N–H and O–H groups in total. The predicted octanol–water partition coefficient (Wildman–Crippen LogP) is 10.4. The number of rotatable bonds is 6. The van der Waals surface area contributed by atoms with E-state index >= 15 is 0 Å². The van der Waals surface area contributed by atoms with Crippen molar-refractivity contribution in [3.05, 3.63) is 173 Å². The highest BCUT2D eigenvalue weighted by Gasteiger charge is 2.41. The molecule has 0 aromatic heterocycles. The maximum absolute atomic E-state index is 2.44. The lowest BCUT2D eigenvalue weighted by Crippen LogP contribution is -2.23. The fourth-order valence-corrected chi connectivity index (χ4v) is 7.08. The minimum atomic E-state index is -0.307. The van der Waals surface area contributed by atoms with Crippen LogP contribution in [0.4, 0.5) is 28.4 Å². The van der Waals surface area contributed by atoms with Gasteiger partial charge in [0, 0.05) is 40.9 Å². The SMILES string of the molecule is CN(c1ccccc1)c1ccc2c(c1)C(C)(c1ccccc1)c1cc(N(c3ccccc3)c3ccc4c(c3)CC4)ccc1-2. The quantitative estimate of drug-likeness (QED) is 0.202. The Hall–Kier alpha value is -5.08. The van der Waals surface area contributed by atoms with E-state index in [4.69, 9.17) is 0 Å². The van der Waals surface area contributed by atoms with E-state index < -0.39 is 0 Å². The van der Waals surface area contributed by atoms with Crippen LogP contribution in [0.25, 0.3) is 11.1 Å². The molecule has 0 spiro atoms. The lowest BCUT2D eigenvalue weighted by atomic mass is 9.74. The van der Waals surface area contributed by atoms with Gasteiger partial charge in [0.2, 0.25) is 0 Å². The van der Waals surface area contributed by atoms with Crippen molar-refractivity contribution in [2.45, 2.75) is 25.2 Å². The van der Waals surface area contributed by atoms with Gasteiger partial charge in [0.25, 0.3) is 0 Å². The van der Waals surface area contributed by atoms with Gasteiger partial charge in [-0.25, -0.2) is 0 Å². The maximum atomic E-state index is 2.44. The minimum absolute atomic E-state index is 0.307. The molecule has 8 rings (SSSR count). The Morgan fingerprint density at radius 1 is 0.465 bits per heavy atom. The summed E-state index contributed by atoms with van der Waals surface area (Å²) in [4.78, 5) is 4.70. The van der Waals surface area contributed by atoms with Crippen molar-refractivity contribution < 1.29 is 0 Å². The smallest absolute Gasteiger partial charge is 0.0465 e. The molecule has 43 heavy (non-hydrogen) atoms. The summed E-state index contributed by atoms with van der Waals surface area (Å²) in [7, 11) is 2.16. The fourth-order valence-electron chi connectivity index (χ4n) is 7.08. The second-order valence-electron chi connectivity index (χ2n) is 12.0. The van der Waals surface area contributed by atoms with E-state index in [1.165, 1.54) is 73.8 Å². The van der Waals surface area contributed by atoms with Crippen LogP contribution in [0.15, 0.2) is 146 Å². The molecule has 208 valence electrons. The first-order chi connectivity index (χ1) is 21.1. The zero-order chi connectivity index (χ0) is 29.0. The Morgan fingerprint density at radius 3 is 1.58 bits per heavy atom. The maximum Gasteiger partial charge on any atom is 0.0465 e. The van der Waals surface area contributed by atoms with E-state index in [0.717, 1.165) is 6.42 Å². The van der Waals surface area contributed by atoms with Crippen molar-refractivity contribution in [2.24, 2.45) is 0 Å². The average molecular weight is 555 g/mol. The van der Waals surface area contributed by atoms with E-state index in [2.05, 4.69) is 169 Å². The summed E-state index contributed by atoms with van der Waals surface area (Å²) in [5, 5.41) is 0. The second-order valence-corrected chi connectivity index (χ2v) is 12.0. The van der Waals surface area contributed by atoms with Crippen LogP contribution in [-0.2, 0) is 18.3 Å². The molecule has 2 nitrogen and oxygen atoms in total. The van der Waals surface area contributed by atoms with E-state index in [-0.39, 0.29) is 5.41 Å². The molecular weight excluding hydrogens is 520 g/mol. The van der Waals surface area contributed by atoms with Crippen LogP contribution in [0.3, 0.4) is 0 Å². The molecule has 2 heteroatoms. The van der Waals surface area contributed by atoms with Crippen molar-refractivity contribution in [3.63, 3.8) is 0 Å². The summed E-state index contributed by atoms with van der Waals surface area (Å²) in [6.07, 6.45) is 2.35. The van der Waals surface area contributed by atoms with Crippen LogP contribution in [0, 0.1) is 0 Å². The molecule has 0 saturated carbocycles. The predicted molar refractivity (Wildman–Crippen MR) is 180 cm³/mol. The molecule has 6 aromatic rings. The molecule has 2 aliphatic carbocycles. The topological polar surface area (TPSA) is 6.48 Å².